The van der Waals surface area contributed by atoms with E-state index in [-0.39, 0.29) is 28.7 Å². The number of ether oxygens (including phenoxy) is 2. The third kappa shape index (κ3) is 20.7. The fraction of sp³-hybridized carbons (Fsp3) is 0.929. The SMILES string of the molecule is CC(C)C(=O)SCCOCCO.CC(C)C(=O)SCCOCCOP(N(C(C)C)C(C)C)N(C(C)C)C(C)C. The van der Waals surface area contributed by atoms with Crippen LogP contribution in [0.4, 0.5) is 0 Å². The van der Waals surface area contributed by atoms with Crippen LogP contribution in [0, 0.1) is 11.8 Å². The molecule has 0 atom stereocenters. The molecule has 0 fully saturated rings. The zero-order valence-electron chi connectivity index (χ0n) is 26.8. The standard InChI is InChI=1S/C20H43N2O3PS.C8H16O3S/c1-15(2)20(23)27-14-13-24-11-12-25-26(21(16(3)4)17(5)6)22(18(7)8)19(9)10;1-7(2)8(10)12-6-5-11-4-3-9/h15-19H,11-14H2,1-10H3;7,9H,3-6H2,1-2H3. The smallest absolute Gasteiger partial charge is 0.191 e. The first-order chi connectivity index (χ1) is 18.2. The zero-order chi connectivity index (χ0) is 30.5. The highest BCUT2D eigenvalue weighted by molar-refractivity contribution is 8.13. The number of hydrogen-bond acceptors (Lipinski definition) is 10. The highest BCUT2D eigenvalue weighted by Crippen LogP contribution is 2.50. The molecular weight excluding hydrogens is 555 g/mol. The average molecular weight is 615 g/mol. The van der Waals surface area contributed by atoms with Crippen LogP contribution in [0.15, 0.2) is 0 Å². The number of carbonyl (C=O) groups excluding carboxylic acids is 2. The lowest BCUT2D eigenvalue weighted by molar-refractivity contribution is -0.114. The van der Waals surface area contributed by atoms with Crippen molar-refractivity contribution in [3.8, 4) is 0 Å². The van der Waals surface area contributed by atoms with Gasteiger partial charge in [0.15, 0.2) is 18.7 Å². The quantitative estimate of drug-likeness (QED) is 0.124. The predicted molar refractivity (Wildman–Crippen MR) is 170 cm³/mol. The number of hydrogen-bond donors (Lipinski definition) is 1. The molecule has 0 heterocycles. The van der Waals surface area contributed by atoms with Gasteiger partial charge in [-0.3, -0.25) is 9.59 Å². The van der Waals surface area contributed by atoms with Crippen molar-refractivity contribution in [2.45, 2.75) is 107 Å². The van der Waals surface area contributed by atoms with E-state index in [2.05, 4.69) is 64.7 Å². The van der Waals surface area contributed by atoms with E-state index < -0.39 is 8.45 Å². The molecule has 1 N–H and O–H groups in total. The first kappa shape index (κ1) is 41.4. The molecule has 0 aromatic rings. The van der Waals surface area contributed by atoms with Crippen molar-refractivity contribution >= 4 is 42.2 Å². The van der Waals surface area contributed by atoms with Crippen LogP contribution in [0.5, 0.6) is 0 Å². The van der Waals surface area contributed by atoms with Gasteiger partial charge >= 0.3 is 0 Å². The van der Waals surface area contributed by atoms with Gasteiger partial charge < -0.3 is 19.1 Å². The van der Waals surface area contributed by atoms with Gasteiger partial charge in [-0.2, -0.15) is 0 Å². The number of nitrogens with zero attached hydrogens (tertiary/aromatic N) is 2. The Bertz CT molecular complexity index is 589. The number of thioether (sulfide) groups is 2. The second-order valence-electron chi connectivity index (χ2n) is 10.8. The van der Waals surface area contributed by atoms with E-state index in [1.807, 2.05) is 27.7 Å². The summed E-state index contributed by atoms with van der Waals surface area (Å²) in [5.41, 5.74) is 0. The molecule has 0 amide bonds. The molecule has 39 heavy (non-hydrogen) atoms. The van der Waals surface area contributed by atoms with E-state index in [1.54, 1.807) is 0 Å². The fourth-order valence-corrected chi connectivity index (χ4v) is 7.21. The van der Waals surface area contributed by atoms with Gasteiger partial charge in [0.2, 0.25) is 0 Å². The van der Waals surface area contributed by atoms with Gasteiger partial charge in [0, 0.05) is 47.5 Å². The third-order valence-corrected chi connectivity index (χ3v) is 10.4. The summed E-state index contributed by atoms with van der Waals surface area (Å²) < 4.78 is 22.0. The largest absolute Gasteiger partial charge is 0.394 e. The van der Waals surface area contributed by atoms with Crippen molar-refractivity contribution in [3.05, 3.63) is 0 Å². The van der Waals surface area contributed by atoms with Gasteiger partial charge in [-0.05, 0) is 55.4 Å². The Labute approximate surface area is 250 Å². The summed E-state index contributed by atoms with van der Waals surface area (Å²) in [7, 11) is -0.861. The van der Waals surface area contributed by atoms with Crippen molar-refractivity contribution in [1.82, 2.24) is 9.34 Å². The zero-order valence-corrected chi connectivity index (χ0v) is 29.3. The Balaban J connectivity index is 0. The molecular formula is C28H59N2O6PS2. The Morgan fingerprint density at radius 2 is 0.974 bits per heavy atom. The second-order valence-corrected chi connectivity index (χ2v) is 14.7. The summed E-state index contributed by atoms with van der Waals surface area (Å²) in [6.07, 6.45) is 0. The minimum absolute atomic E-state index is 0.0444. The van der Waals surface area contributed by atoms with Crippen LogP contribution in [0.1, 0.15) is 83.1 Å². The minimum atomic E-state index is -0.861. The van der Waals surface area contributed by atoms with E-state index in [0.717, 1.165) is 0 Å². The summed E-state index contributed by atoms with van der Waals surface area (Å²) in [6.45, 7) is 28.1. The van der Waals surface area contributed by atoms with E-state index >= 15 is 0 Å². The van der Waals surface area contributed by atoms with Crippen LogP contribution in [0.25, 0.3) is 0 Å². The summed E-state index contributed by atoms with van der Waals surface area (Å²) in [4.78, 5) is 22.6. The molecule has 0 radical (unpaired) electrons. The fourth-order valence-electron chi connectivity index (χ4n) is 3.42. The molecule has 0 spiro atoms. The Hall–Kier alpha value is 0.230. The first-order valence-electron chi connectivity index (χ1n) is 14.3. The number of aliphatic hydroxyl groups excluding tert-OH is 1. The summed E-state index contributed by atoms with van der Waals surface area (Å²) in [5.74, 6) is 1.56. The molecule has 0 aromatic carbocycles. The van der Waals surface area contributed by atoms with E-state index in [4.69, 9.17) is 19.1 Å². The van der Waals surface area contributed by atoms with Gasteiger partial charge in [0.1, 0.15) is 0 Å². The van der Waals surface area contributed by atoms with Gasteiger partial charge in [0.05, 0.1) is 39.6 Å². The molecule has 11 heteroatoms. The van der Waals surface area contributed by atoms with Crippen LogP contribution in [-0.2, 0) is 23.6 Å². The van der Waals surface area contributed by atoms with Crippen LogP contribution in [-0.4, -0.2) is 100.0 Å². The molecule has 234 valence electrons. The summed E-state index contributed by atoms with van der Waals surface area (Å²) >= 11 is 2.65. The number of rotatable bonds is 20. The molecule has 8 nitrogen and oxygen atoms in total. The molecule has 0 bridgehead atoms. The van der Waals surface area contributed by atoms with E-state index in [1.165, 1.54) is 23.5 Å². The Morgan fingerprint density at radius 1 is 0.615 bits per heavy atom. The molecule has 0 aliphatic carbocycles. The predicted octanol–water partition coefficient (Wildman–Crippen LogP) is 6.31. The molecule has 0 aliphatic heterocycles. The topological polar surface area (TPSA) is 88.5 Å². The van der Waals surface area contributed by atoms with Crippen LogP contribution in [0.3, 0.4) is 0 Å². The highest BCUT2D eigenvalue weighted by Gasteiger charge is 2.34. The maximum absolute atomic E-state index is 11.6. The van der Waals surface area contributed by atoms with Gasteiger partial charge in [-0.15, -0.1) is 0 Å². The molecule has 0 unspecified atom stereocenters. The van der Waals surface area contributed by atoms with Crippen molar-refractivity contribution in [2.75, 3.05) is 51.1 Å². The lowest BCUT2D eigenvalue weighted by Gasteiger charge is -2.45. The first-order valence-corrected chi connectivity index (χ1v) is 17.4. The van der Waals surface area contributed by atoms with Crippen molar-refractivity contribution < 1.29 is 28.7 Å². The second kappa shape index (κ2) is 24.8. The lowest BCUT2D eigenvalue weighted by atomic mass is 10.3. The van der Waals surface area contributed by atoms with Crippen LogP contribution in [0.2, 0.25) is 0 Å². The normalized spacial score (nSPS) is 12.3. The average Bonchev–Trinajstić information content (AvgIpc) is 2.82. The number of carbonyl (C=O) groups is 2. The summed E-state index contributed by atoms with van der Waals surface area (Å²) in [6, 6.07) is 1.65. The minimum Gasteiger partial charge on any atom is -0.394 e. The van der Waals surface area contributed by atoms with Crippen molar-refractivity contribution in [2.24, 2.45) is 11.8 Å². The van der Waals surface area contributed by atoms with E-state index in [9.17, 15) is 9.59 Å². The van der Waals surface area contributed by atoms with Gasteiger partial charge in [0.25, 0.3) is 0 Å². The summed E-state index contributed by atoms with van der Waals surface area (Å²) in [5, 5.41) is 8.79. The molecule has 0 saturated carbocycles. The Kier molecular flexibility index (Phi) is 26.3. The number of aliphatic hydroxyl groups is 1. The maximum atomic E-state index is 11.6. The van der Waals surface area contributed by atoms with Crippen LogP contribution >= 0.6 is 32.0 Å². The lowest BCUT2D eigenvalue weighted by Crippen LogP contribution is -2.43. The maximum Gasteiger partial charge on any atom is 0.191 e. The molecule has 0 saturated heterocycles. The molecule has 0 rings (SSSR count). The third-order valence-electron chi connectivity index (χ3n) is 5.07. The monoisotopic (exact) mass is 614 g/mol. The molecule has 0 aliphatic rings. The van der Waals surface area contributed by atoms with Gasteiger partial charge in [-0.25, -0.2) is 9.34 Å². The van der Waals surface area contributed by atoms with Gasteiger partial charge in [-0.1, -0.05) is 51.2 Å². The van der Waals surface area contributed by atoms with Crippen molar-refractivity contribution in [1.29, 1.82) is 0 Å². The van der Waals surface area contributed by atoms with Crippen molar-refractivity contribution in [3.63, 3.8) is 0 Å². The van der Waals surface area contributed by atoms with Crippen LogP contribution < -0.4 is 0 Å². The highest BCUT2D eigenvalue weighted by atomic mass is 32.2. The molecule has 0 aromatic heterocycles. The Morgan fingerprint density at radius 3 is 1.28 bits per heavy atom. The van der Waals surface area contributed by atoms with E-state index in [0.29, 0.717) is 68.7 Å².